The van der Waals surface area contributed by atoms with Crippen LogP contribution in [0.5, 0.6) is 0 Å². The van der Waals surface area contributed by atoms with Gasteiger partial charge in [0.2, 0.25) is 6.41 Å². The lowest BCUT2D eigenvalue weighted by atomic mass is 10.0. The van der Waals surface area contributed by atoms with Gasteiger partial charge in [0, 0.05) is 31.5 Å². The molecule has 0 radical (unpaired) electrons. The van der Waals surface area contributed by atoms with Crippen LogP contribution in [0.3, 0.4) is 0 Å². The Morgan fingerprint density at radius 1 is 1.19 bits per heavy atom. The molecule has 5 nitrogen and oxygen atoms in total. The number of nitrogens with zero attached hydrogens (tertiary/aromatic N) is 2. The van der Waals surface area contributed by atoms with Crippen molar-refractivity contribution >= 4 is 12.1 Å². The normalized spacial score (nSPS) is 16.5. The first kappa shape index (κ1) is 20.3. The first-order valence-electron chi connectivity index (χ1n) is 9.45. The first-order chi connectivity index (χ1) is 12.7. The zero-order chi connectivity index (χ0) is 18.6. The molecule has 1 fully saturated rings. The molecule has 0 aromatic heterocycles. The molecule has 0 aliphatic carbocycles. The molecule has 1 aliphatic heterocycles. The van der Waals surface area contributed by atoms with Gasteiger partial charge in [0.05, 0.1) is 13.2 Å². The molecule has 1 aliphatic rings. The monoisotopic (exact) mass is 357 g/mol. The van der Waals surface area contributed by atoms with E-state index in [0.29, 0.717) is 13.0 Å². The molecule has 5 heteroatoms. The summed E-state index contributed by atoms with van der Waals surface area (Å²) >= 11 is 0. The zero-order valence-electron chi connectivity index (χ0n) is 16.0. The predicted octanol–water partition coefficient (Wildman–Crippen LogP) is 2.80. The number of ether oxygens (including phenoxy) is 1. The quantitative estimate of drug-likeness (QED) is 0.398. The van der Waals surface area contributed by atoms with Crippen LogP contribution in [0.25, 0.3) is 0 Å². The third-order valence-corrected chi connectivity index (χ3v) is 4.61. The minimum atomic E-state index is 0.531. The summed E-state index contributed by atoms with van der Waals surface area (Å²) < 4.78 is 5.38. The smallest absolute Gasteiger partial charge is 0.207 e. The number of nitrogens with one attached hydrogen (secondary N) is 1. The minimum Gasteiger partial charge on any atom is -0.379 e. The largest absolute Gasteiger partial charge is 0.379 e. The maximum atomic E-state index is 10.3. The van der Waals surface area contributed by atoms with E-state index in [1.54, 1.807) is 0 Å². The number of hydrogen-bond acceptors (Lipinski definition) is 4. The second-order valence-corrected chi connectivity index (χ2v) is 6.80. The molecule has 26 heavy (non-hydrogen) atoms. The third-order valence-electron chi connectivity index (χ3n) is 4.61. The van der Waals surface area contributed by atoms with Gasteiger partial charge in [0.15, 0.2) is 0 Å². The van der Waals surface area contributed by atoms with Gasteiger partial charge in [-0.1, -0.05) is 24.3 Å². The number of rotatable bonds is 10. The second kappa shape index (κ2) is 11.6. The lowest BCUT2D eigenvalue weighted by Crippen LogP contribution is -2.36. The van der Waals surface area contributed by atoms with Gasteiger partial charge in [-0.2, -0.15) is 0 Å². The van der Waals surface area contributed by atoms with Crippen LogP contribution in [0.2, 0.25) is 0 Å². The predicted molar refractivity (Wildman–Crippen MR) is 107 cm³/mol. The highest BCUT2D eigenvalue weighted by molar-refractivity contribution is 5.99. The fraction of sp³-hybridized carbons (Fsp3) is 0.524. The van der Waals surface area contributed by atoms with Crippen molar-refractivity contribution in [2.24, 2.45) is 4.99 Å². The van der Waals surface area contributed by atoms with Gasteiger partial charge in [0.1, 0.15) is 0 Å². The number of hydrogen-bond donors (Lipinski definition) is 1. The van der Waals surface area contributed by atoms with Crippen molar-refractivity contribution in [3.05, 3.63) is 47.2 Å². The van der Waals surface area contributed by atoms with E-state index in [0.717, 1.165) is 49.6 Å². The van der Waals surface area contributed by atoms with Gasteiger partial charge in [0.25, 0.3) is 0 Å². The average Bonchev–Trinajstić information content (AvgIpc) is 2.69. The maximum absolute atomic E-state index is 10.3. The number of aliphatic imine (C=N–C) groups is 1. The van der Waals surface area contributed by atoms with Crippen LogP contribution in [0.4, 0.5) is 0 Å². The SMILES string of the molecule is C/C(=C\N=C(/C)c1ccc(CCCCN2CCOCC2)cc1)CNC=O. The van der Waals surface area contributed by atoms with Crippen molar-refractivity contribution in [2.75, 3.05) is 39.4 Å². The summed E-state index contributed by atoms with van der Waals surface area (Å²) in [6.45, 7) is 9.58. The van der Waals surface area contributed by atoms with Crippen molar-refractivity contribution in [3.8, 4) is 0 Å². The molecule has 0 atom stereocenters. The van der Waals surface area contributed by atoms with Crippen molar-refractivity contribution in [3.63, 3.8) is 0 Å². The van der Waals surface area contributed by atoms with Gasteiger partial charge in [-0.05, 0) is 56.4 Å². The highest BCUT2D eigenvalue weighted by Crippen LogP contribution is 2.10. The molecule has 142 valence electrons. The van der Waals surface area contributed by atoms with Crippen LogP contribution >= 0.6 is 0 Å². The summed E-state index contributed by atoms with van der Waals surface area (Å²) in [5, 5.41) is 2.64. The molecule has 0 saturated carbocycles. The maximum Gasteiger partial charge on any atom is 0.207 e. The third kappa shape index (κ3) is 7.50. The van der Waals surface area contributed by atoms with Crippen molar-refractivity contribution in [2.45, 2.75) is 33.1 Å². The first-order valence-corrected chi connectivity index (χ1v) is 9.45. The Hall–Kier alpha value is -1.98. The number of aryl methyl sites for hydroxylation is 1. The Balaban J connectivity index is 1.75. The number of unbranched alkanes of at least 4 members (excludes halogenated alkanes) is 1. The molecule has 1 heterocycles. The Morgan fingerprint density at radius 2 is 1.92 bits per heavy atom. The molecule has 0 unspecified atom stereocenters. The molecular weight excluding hydrogens is 326 g/mol. The standard InChI is InChI=1S/C21H31N3O2/c1-18(15-22-17-25)16-23-19(2)21-8-6-20(7-9-21)5-3-4-10-24-11-13-26-14-12-24/h6-9,16-17H,3-5,10-15H2,1-2H3,(H,22,25)/b18-16+,23-19+. The van der Waals surface area contributed by atoms with E-state index in [1.165, 1.54) is 24.9 Å². The Labute approximate surface area is 157 Å². The number of benzene rings is 1. The molecule has 1 amide bonds. The number of carbonyl (C=O) groups excluding carboxylic acids is 1. The Bertz CT molecular complexity index is 602. The van der Waals surface area contributed by atoms with E-state index in [-0.39, 0.29) is 0 Å². The van der Waals surface area contributed by atoms with Gasteiger partial charge in [-0.3, -0.25) is 14.7 Å². The van der Waals surface area contributed by atoms with Crippen molar-refractivity contribution < 1.29 is 9.53 Å². The molecule has 2 rings (SSSR count). The molecule has 1 aromatic carbocycles. The van der Waals surface area contributed by atoms with Crippen LogP contribution in [0, 0.1) is 0 Å². The van der Waals surface area contributed by atoms with Gasteiger partial charge in [-0.15, -0.1) is 0 Å². The summed E-state index contributed by atoms with van der Waals surface area (Å²) in [7, 11) is 0. The summed E-state index contributed by atoms with van der Waals surface area (Å²) in [5.74, 6) is 0. The molecular formula is C21H31N3O2. The number of carbonyl (C=O) groups is 1. The van der Waals surface area contributed by atoms with E-state index in [9.17, 15) is 4.79 Å². The van der Waals surface area contributed by atoms with E-state index in [2.05, 4.69) is 39.5 Å². The zero-order valence-corrected chi connectivity index (χ0v) is 16.0. The van der Waals surface area contributed by atoms with Gasteiger partial charge < -0.3 is 10.1 Å². The lowest BCUT2D eigenvalue weighted by Gasteiger charge is -2.26. The molecule has 1 N–H and O–H groups in total. The van der Waals surface area contributed by atoms with Crippen LogP contribution in [0.1, 0.15) is 37.8 Å². The molecule has 0 spiro atoms. The highest BCUT2D eigenvalue weighted by Gasteiger charge is 2.09. The van der Waals surface area contributed by atoms with Crippen LogP contribution in [-0.4, -0.2) is 56.4 Å². The number of amides is 1. The minimum absolute atomic E-state index is 0.531. The summed E-state index contributed by atoms with van der Waals surface area (Å²) in [6.07, 6.45) is 6.09. The Kier molecular flexibility index (Phi) is 9.07. The van der Waals surface area contributed by atoms with E-state index < -0.39 is 0 Å². The highest BCUT2D eigenvalue weighted by atomic mass is 16.5. The summed E-state index contributed by atoms with van der Waals surface area (Å²) in [6, 6.07) is 8.69. The van der Waals surface area contributed by atoms with E-state index in [1.807, 2.05) is 20.0 Å². The summed E-state index contributed by atoms with van der Waals surface area (Å²) in [4.78, 5) is 17.3. The van der Waals surface area contributed by atoms with Crippen LogP contribution in [0.15, 0.2) is 41.0 Å². The fourth-order valence-electron chi connectivity index (χ4n) is 2.93. The van der Waals surface area contributed by atoms with Crippen molar-refractivity contribution in [1.29, 1.82) is 0 Å². The van der Waals surface area contributed by atoms with Gasteiger partial charge in [-0.25, -0.2) is 0 Å². The average molecular weight is 357 g/mol. The van der Waals surface area contributed by atoms with Crippen molar-refractivity contribution in [1.82, 2.24) is 10.2 Å². The van der Waals surface area contributed by atoms with Gasteiger partial charge >= 0.3 is 0 Å². The Morgan fingerprint density at radius 3 is 2.62 bits per heavy atom. The van der Waals surface area contributed by atoms with Crippen LogP contribution in [-0.2, 0) is 16.0 Å². The topological polar surface area (TPSA) is 53.9 Å². The van der Waals surface area contributed by atoms with E-state index >= 15 is 0 Å². The molecule has 1 saturated heterocycles. The molecule has 1 aromatic rings. The second-order valence-electron chi connectivity index (χ2n) is 6.80. The lowest BCUT2D eigenvalue weighted by molar-refractivity contribution is -0.109. The molecule has 0 bridgehead atoms. The number of morpholine rings is 1. The fourth-order valence-corrected chi connectivity index (χ4v) is 2.93. The van der Waals surface area contributed by atoms with Crippen LogP contribution < -0.4 is 5.32 Å². The van der Waals surface area contributed by atoms with E-state index in [4.69, 9.17) is 4.74 Å². The summed E-state index contributed by atoms with van der Waals surface area (Å²) in [5.41, 5.74) is 4.52.